The molecule has 1 aromatic carbocycles. The van der Waals surface area contributed by atoms with Crippen molar-refractivity contribution >= 4 is 16.8 Å². The molecule has 0 atom stereocenters. The van der Waals surface area contributed by atoms with Crippen LogP contribution in [-0.2, 0) is 0 Å². The molecule has 3 rings (SSSR count). The van der Waals surface area contributed by atoms with E-state index in [1.807, 2.05) is 48.7 Å². The molecule has 5 heteroatoms. The molecule has 1 aliphatic heterocycles. The van der Waals surface area contributed by atoms with Gasteiger partial charge in [-0.05, 0) is 18.2 Å². The van der Waals surface area contributed by atoms with Crippen LogP contribution in [0.15, 0.2) is 54.8 Å². The maximum Gasteiger partial charge on any atom is 0.265 e. The van der Waals surface area contributed by atoms with Gasteiger partial charge in [-0.15, -0.1) is 0 Å². The summed E-state index contributed by atoms with van der Waals surface area (Å²) in [6, 6.07) is 9.41. The summed E-state index contributed by atoms with van der Waals surface area (Å²) in [4.78, 5) is 13.7. The first-order chi connectivity index (χ1) is 9.27. The van der Waals surface area contributed by atoms with E-state index in [1.165, 1.54) is 0 Å². The number of hydrazine groups is 1. The fourth-order valence-corrected chi connectivity index (χ4v) is 1.63. The second-order valence-corrected chi connectivity index (χ2v) is 3.95. The zero-order valence-corrected chi connectivity index (χ0v) is 10.4. The Labute approximate surface area is 111 Å². The summed E-state index contributed by atoms with van der Waals surface area (Å²) in [7, 11) is 0. The summed E-state index contributed by atoms with van der Waals surface area (Å²) in [6.07, 6.45) is 7.83. The van der Waals surface area contributed by atoms with Crippen LogP contribution in [0.3, 0.4) is 0 Å². The summed E-state index contributed by atoms with van der Waals surface area (Å²) in [5, 5.41) is 1.01. The van der Waals surface area contributed by atoms with E-state index in [0.29, 0.717) is 5.69 Å². The molecule has 2 heterocycles. The Kier molecular flexibility index (Phi) is 4.36. The Morgan fingerprint density at radius 2 is 2.05 bits per heavy atom. The second-order valence-electron chi connectivity index (χ2n) is 3.95. The van der Waals surface area contributed by atoms with Gasteiger partial charge in [0.15, 0.2) is 0 Å². The number of aromatic nitrogens is 1. The Balaban J connectivity index is 0.000000163. The van der Waals surface area contributed by atoms with Gasteiger partial charge in [0, 0.05) is 23.6 Å². The van der Waals surface area contributed by atoms with Crippen molar-refractivity contribution in [1.82, 2.24) is 15.8 Å². The summed E-state index contributed by atoms with van der Waals surface area (Å²) >= 11 is 0. The van der Waals surface area contributed by atoms with Gasteiger partial charge in [0.2, 0.25) is 0 Å². The van der Waals surface area contributed by atoms with Gasteiger partial charge in [-0.25, -0.2) is 5.43 Å². The lowest BCUT2D eigenvalue weighted by Crippen LogP contribution is -2.25. The lowest BCUT2D eigenvalue weighted by molar-refractivity contribution is 0.0996. The van der Waals surface area contributed by atoms with E-state index in [1.54, 1.807) is 6.07 Å². The van der Waals surface area contributed by atoms with E-state index in [-0.39, 0.29) is 0 Å². The third-order valence-electron chi connectivity index (χ3n) is 2.54. The predicted octanol–water partition coefficient (Wildman–Crippen LogP) is 1.43. The number of hydrogen-bond donors (Lipinski definition) is 4. The van der Waals surface area contributed by atoms with Crippen LogP contribution in [0.4, 0.5) is 0 Å². The molecular formula is C14H16N4O. The van der Waals surface area contributed by atoms with Gasteiger partial charge in [0.25, 0.3) is 5.91 Å². The van der Waals surface area contributed by atoms with Gasteiger partial charge >= 0.3 is 0 Å². The molecule has 5 N–H and O–H groups in total. The lowest BCUT2D eigenvalue weighted by atomic mass is 10.2. The summed E-state index contributed by atoms with van der Waals surface area (Å²) in [5.74, 6) is -0.425. The number of rotatable bonds is 1. The molecule has 0 fully saturated rings. The van der Waals surface area contributed by atoms with Crippen molar-refractivity contribution in [3.05, 3.63) is 60.5 Å². The number of nitrogens with two attached hydrogens (primary N) is 1. The van der Waals surface area contributed by atoms with Crippen LogP contribution in [0, 0.1) is 0 Å². The fraction of sp³-hybridized carbons (Fsp3) is 0.0714. The Morgan fingerprint density at radius 3 is 2.84 bits per heavy atom. The van der Waals surface area contributed by atoms with Crippen molar-refractivity contribution in [1.29, 1.82) is 0 Å². The quantitative estimate of drug-likeness (QED) is 0.623. The fourth-order valence-electron chi connectivity index (χ4n) is 1.63. The lowest BCUT2D eigenvalue weighted by Gasteiger charge is -1.93. The smallest absolute Gasteiger partial charge is 0.265 e. The molecule has 19 heavy (non-hydrogen) atoms. The minimum absolute atomic E-state index is 0.425. The highest BCUT2D eigenvalue weighted by Gasteiger charge is 2.03. The van der Waals surface area contributed by atoms with E-state index in [0.717, 1.165) is 17.4 Å². The van der Waals surface area contributed by atoms with Gasteiger partial charge in [-0.3, -0.25) is 4.79 Å². The summed E-state index contributed by atoms with van der Waals surface area (Å²) < 4.78 is 0. The largest absolute Gasteiger partial charge is 0.364 e. The number of carbonyl (C=O) groups excluding carboxylic acids is 1. The molecule has 0 saturated carbocycles. The predicted molar refractivity (Wildman–Crippen MR) is 76.2 cm³/mol. The number of aromatic amines is 1. The number of hydrogen-bond acceptors (Lipinski definition) is 3. The van der Waals surface area contributed by atoms with Crippen LogP contribution in [0.2, 0.25) is 0 Å². The molecule has 5 nitrogen and oxygen atoms in total. The molecule has 0 bridgehead atoms. The first-order valence-corrected chi connectivity index (χ1v) is 5.95. The number of primary amides is 1. The Hall–Kier alpha value is -2.53. The number of para-hydroxylation sites is 1. The molecule has 0 spiro atoms. The van der Waals surface area contributed by atoms with Crippen LogP contribution in [0.25, 0.3) is 10.9 Å². The highest BCUT2D eigenvalue weighted by atomic mass is 16.1. The molecule has 1 aromatic heterocycles. The first-order valence-electron chi connectivity index (χ1n) is 5.95. The maximum absolute atomic E-state index is 10.8. The van der Waals surface area contributed by atoms with Gasteiger partial charge in [0.05, 0.1) is 0 Å². The van der Waals surface area contributed by atoms with Crippen LogP contribution in [0.1, 0.15) is 10.5 Å². The molecule has 98 valence electrons. The Bertz CT molecular complexity index is 568. The molecule has 0 unspecified atom stereocenters. The van der Waals surface area contributed by atoms with Gasteiger partial charge in [-0.2, -0.15) is 0 Å². The van der Waals surface area contributed by atoms with E-state index in [4.69, 9.17) is 5.73 Å². The number of benzene rings is 1. The molecule has 0 radical (unpaired) electrons. The van der Waals surface area contributed by atoms with Gasteiger partial charge < -0.3 is 16.1 Å². The van der Waals surface area contributed by atoms with Crippen molar-refractivity contribution in [2.45, 2.75) is 0 Å². The standard InChI is InChI=1S/C9H8N2O.C5H8N2/c10-9(12)8-5-6-3-1-2-4-7(6)11-8;1-2-4-6-7-5-3-1/h1-5,11H,(H2,10,12);1-4,6-7H,5H2. The van der Waals surface area contributed by atoms with Crippen LogP contribution >= 0.6 is 0 Å². The molecule has 0 aliphatic carbocycles. The molecule has 2 aromatic rings. The number of allylic oxidation sites excluding steroid dienone is 2. The van der Waals surface area contributed by atoms with Crippen LogP contribution in [0.5, 0.6) is 0 Å². The summed E-state index contributed by atoms with van der Waals surface area (Å²) in [5.41, 5.74) is 12.3. The van der Waals surface area contributed by atoms with Crippen LogP contribution < -0.4 is 16.6 Å². The van der Waals surface area contributed by atoms with Crippen molar-refractivity contribution in [3.8, 4) is 0 Å². The van der Waals surface area contributed by atoms with Gasteiger partial charge in [-0.1, -0.05) is 30.4 Å². The number of fused-ring (bicyclic) bond motifs is 1. The number of carbonyl (C=O) groups is 1. The van der Waals surface area contributed by atoms with E-state index >= 15 is 0 Å². The highest BCUT2D eigenvalue weighted by molar-refractivity contribution is 5.96. The third-order valence-corrected chi connectivity index (χ3v) is 2.54. The molecule has 0 saturated heterocycles. The van der Waals surface area contributed by atoms with Crippen LogP contribution in [-0.4, -0.2) is 17.4 Å². The highest BCUT2D eigenvalue weighted by Crippen LogP contribution is 2.13. The molecule has 1 aliphatic rings. The molecular weight excluding hydrogens is 240 g/mol. The minimum Gasteiger partial charge on any atom is -0.364 e. The number of H-pyrrole nitrogens is 1. The topological polar surface area (TPSA) is 82.9 Å². The molecule has 1 amide bonds. The normalized spacial score (nSPS) is 13.3. The van der Waals surface area contributed by atoms with Crippen molar-refractivity contribution in [3.63, 3.8) is 0 Å². The third kappa shape index (κ3) is 3.72. The average molecular weight is 256 g/mol. The van der Waals surface area contributed by atoms with Crippen molar-refractivity contribution in [2.75, 3.05) is 6.54 Å². The van der Waals surface area contributed by atoms with Gasteiger partial charge in [0.1, 0.15) is 5.69 Å². The van der Waals surface area contributed by atoms with E-state index < -0.39 is 5.91 Å². The van der Waals surface area contributed by atoms with Crippen molar-refractivity contribution in [2.24, 2.45) is 5.73 Å². The first kappa shape index (κ1) is 12.9. The maximum atomic E-state index is 10.8. The number of nitrogens with one attached hydrogen (secondary N) is 3. The van der Waals surface area contributed by atoms with Crippen molar-refractivity contribution < 1.29 is 4.79 Å². The second kappa shape index (κ2) is 6.42. The monoisotopic (exact) mass is 256 g/mol. The zero-order chi connectivity index (χ0) is 13.5. The SMILES string of the molecule is C1=CCNNC=C1.NC(=O)c1cc2ccccc2[nH]1. The van der Waals surface area contributed by atoms with E-state index in [9.17, 15) is 4.79 Å². The minimum atomic E-state index is -0.425. The average Bonchev–Trinajstić information content (AvgIpc) is 2.63. The van der Waals surface area contributed by atoms with E-state index in [2.05, 4.69) is 15.8 Å². The summed E-state index contributed by atoms with van der Waals surface area (Å²) in [6.45, 7) is 0.896. The Morgan fingerprint density at radius 1 is 1.21 bits per heavy atom. The number of amides is 1. The zero-order valence-electron chi connectivity index (χ0n) is 10.4.